The average Bonchev–Trinajstić information content (AvgIpc) is 3.32. The Morgan fingerprint density at radius 2 is 2.00 bits per heavy atom. The number of carbonyl (C=O) groups excluding carboxylic acids is 1. The summed E-state index contributed by atoms with van der Waals surface area (Å²) < 4.78 is 0. The molecule has 1 saturated carbocycles. The van der Waals surface area contributed by atoms with E-state index in [-0.39, 0.29) is 5.92 Å². The van der Waals surface area contributed by atoms with E-state index in [0.29, 0.717) is 17.9 Å². The molecule has 1 aliphatic carbocycles. The van der Waals surface area contributed by atoms with Gasteiger partial charge in [-0.2, -0.15) is 0 Å². The van der Waals surface area contributed by atoms with Crippen molar-refractivity contribution in [3.63, 3.8) is 0 Å². The summed E-state index contributed by atoms with van der Waals surface area (Å²) in [4.78, 5) is 14.6. The van der Waals surface area contributed by atoms with Gasteiger partial charge >= 0.3 is 0 Å². The number of amides is 1. The number of likely N-dealkylation sites (tertiary alicyclic amines) is 1. The van der Waals surface area contributed by atoms with Crippen LogP contribution < -0.4 is 5.32 Å². The van der Waals surface area contributed by atoms with Crippen LogP contribution in [0.15, 0.2) is 30.3 Å². The van der Waals surface area contributed by atoms with Gasteiger partial charge < -0.3 is 10.2 Å². The van der Waals surface area contributed by atoms with Gasteiger partial charge in [-0.15, -0.1) is 0 Å². The van der Waals surface area contributed by atoms with Crippen molar-refractivity contribution in [2.24, 2.45) is 11.8 Å². The van der Waals surface area contributed by atoms with Gasteiger partial charge in [0.05, 0.1) is 0 Å². The highest BCUT2D eigenvalue weighted by Crippen LogP contribution is 2.37. The third kappa shape index (κ3) is 3.14. The van der Waals surface area contributed by atoms with Gasteiger partial charge in [0.25, 0.3) is 0 Å². The molecule has 3 rings (SSSR count). The topological polar surface area (TPSA) is 32.3 Å². The van der Waals surface area contributed by atoms with Crippen LogP contribution in [0.4, 0.5) is 5.69 Å². The number of carbonyl (C=O) groups is 1. The lowest BCUT2D eigenvalue weighted by Crippen LogP contribution is -2.47. The molecular weight excluding hydrogens is 248 g/mol. The fourth-order valence-electron chi connectivity index (χ4n) is 3.15. The molecule has 108 valence electrons. The maximum Gasteiger partial charge on any atom is 0.225 e. The zero-order chi connectivity index (χ0) is 13.9. The van der Waals surface area contributed by atoms with E-state index in [2.05, 4.69) is 29.3 Å². The standard InChI is InChI=1S/C17H24N2O/c1-13(14-9-10-14)17(20)19-11-5-8-16(12-19)18-15-6-3-2-4-7-15/h2-4,6-7,13-14,16,18H,5,8-12H2,1H3. The van der Waals surface area contributed by atoms with Gasteiger partial charge in [0.15, 0.2) is 0 Å². The molecule has 1 aromatic carbocycles. The summed E-state index contributed by atoms with van der Waals surface area (Å²) >= 11 is 0. The summed E-state index contributed by atoms with van der Waals surface area (Å²) in [6.45, 7) is 3.89. The lowest BCUT2D eigenvalue weighted by molar-refractivity contribution is -0.136. The fourth-order valence-corrected chi connectivity index (χ4v) is 3.15. The number of anilines is 1. The molecule has 0 bridgehead atoms. The van der Waals surface area contributed by atoms with Gasteiger partial charge in [0.1, 0.15) is 0 Å². The molecule has 1 saturated heterocycles. The van der Waals surface area contributed by atoms with Crippen LogP contribution in [0.25, 0.3) is 0 Å². The number of hydrogen-bond acceptors (Lipinski definition) is 2. The smallest absolute Gasteiger partial charge is 0.225 e. The van der Waals surface area contributed by atoms with Crippen molar-refractivity contribution >= 4 is 11.6 Å². The molecule has 1 aromatic rings. The first-order chi connectivity index (χ1) is 9.74. The molecule has 2 fully saturated rings. The van der Waals surface area contributed by atoms with E-state index in [1.165, 1.54) is 12.8 Å². The van der Waals surface area contributed by atoms with Gasteiger partial charge in [-0.1, -0.05) is 25.1 Å². The Morgan fingerprint density at radius 3 is 2.70 bits per heavy atom. The Bertz CT molecular complexity index is 455. The molecule has 3 heteroatoms. The Morgan fingerprint density at radius 1 is 1.25 bits per heavy atom. The minimum Gasteiger partial charge on any atom is -0.381 e. The van der Waals surface area contributed by atoms with Crippen molar-refractivity contribution in [1.29, 1.82) is 0 Å². The Labute approximate surface area is 121 Å². The number of nitrogens with zero attached hydrogens (tertiary/aromatic N) is 1. The predicted molar refractivity (Wildman–Crippen MR) is 81.6 cm³/mol. The SMILES string of the molecule is CC(C(=O)N1CCCC(Nc2ccccc2)C1)C1CC1. The quantitative estimate of drug-likeness (QED) is 0.913. The number of rotatable bonds is 4. The Balaban J connectivity index is 1.57. The van der Waals surface area contributed by atoms with Crippen molar-refractivity contribution in [1.82, 2.24) is 4.90 Å². The van der Waals surface area contributed by atoms with Crippen LogP contribution in [0.3, 0.4) is 0 Å². The summed E-state index contributed by atoms with van der Waals surface area (Å²) in [6.07, 6.45) is 4.74. The Kier molecular flexibility index (Phi) is 3.95. The van der Waals surface area contributed by atoms with Crippen molar-refractivity contribution < 1.29 is 4.79 Å². The van der Waals surface area contributed by atoms with E-state index in [1.54, 1.807) is 0 Å². The summed E-state index contributed by atoms with van der Waals surface area (Å²) in [7, 11) is 0. The largest absolute Gasteiger partial charge is 0.381 e. The second kappa shape index (κ2) is 5.86. The van der Waals surface area contributed by atoms with Gasteiger partial charge in [-0.05, 0) is 43.7 Å². The van der Waals surface area contributed by atoms with Crippen LogP contribution in [0.1, 0.15) is 32.6 Å². The molecule has 2 unspecified atom stereocenters. The van der Waals surface area contributed by atoms with Crippen LogP contribution in [0.2, 0.25) is 0 Å². The van der Waals surface area contributed by atoms with Crippen LogP contribution >= 0.6 is 0 Å². The molecule has 1 aliphatic heterocycles. The van der Waals surface area contributed by atoms with Gasteiger partial charge in [-0.25, -0.2) is 0 Å². The maximum absolute atomic E-state index is 12.5. The van der Waals surface area contributed by atoms with Crippen molar-refractivity contribution in [2.45, 2.75) is 38.6 Å². The number of nitrogens with one attached hydrogen (secondary N) is 1. The molecule has 0 aromatic heterocycles. The van der Waals surface area contributed by atoms with E-state index < -0.39 is 0 Å². The normalized spacial score (nSPS) is 24.2. The highest BCUT2D eigenvalue weighted by Gasteiger charge is 2.36. The number of para-hydroxylation sites is 1. The molecule has 2 aliphatic rings. The number of hydrogen-bond donors (Lipinski definition) is 1. The van der Waals surface area contributed by atoms with Crippen molar-refractivity contribution in [3.8, 4) is 0 Å². The fraction of sp³-hybridized carbons (Fsp3) is 0.588. The first kappa shape index (κ1) is 13.5. The summed E-state index contributed by atoms with van der Waals surface area (Å²) in [6, 6.07) is 10.7. The third-order valence-electron chi connectivity index (χ3n) is 4.60. The van der Waals surface area contributed by atoms with E-state index in [4.69, 9.17) is 0 Å². The highest BCUT2D eigenvalue weighted by molar-refractivity contribution is 5.79. The summed E-state index contributed by atoms with van der Waals surface area (Å²) in [5.74, 6) is 1.25. The minimum absolute atomic E-state index is 0.227. The summed E-state index contributed by atoms with van der Waals surface area (Å²) in [5.41, 5.74) is 1.15. The molecule has 0 radical (unpaired) electrons. The molecule has 1 amide bonds. The highest BCUT2D eigenvalue weighted by atomic mass is 16.2. The molecule has 0 spiro atoms. The molecule has 1 N–H and O–H groups in total. The second-order valence-electron chi connectivity index (χ2n) is 6.26. The third-order valence-corrected chi connectivity index (χ3v) is 4.60. The maximum atomic E-state index is 12.5. The van der Waals surface area contributed by atoms with E-state index in [1.807, 2.05) is 18.2 Å². The second-order valence-corrected chi connectivity index (χ2v) is 6.26. The Hall–Kier alpha value is -1.51. The molecule has 3 nitrogen and oxygen atoms in total. The van der Waals surface area contributed by atoms with Crippen molar-refractivity contribution in [2.75, 3.05) is 18.4 Å². The molecule has 2 atom stereocenters. The lowest BCUT2D eigenvalue weighted by atomic mass is 10.0. The van der Waals surface area contributed by atoms with Crippen LogP contribution in [0.5, 0.6) is 0 Å². The average molecular weight is 272 g/mol. The van der Waals surface area contributed by atoms with Gasteiger partial charge in [0.2, 0.25) is 5.91 Å². The molecule has 20 heavy (non-hydrogen) atoms. The molecule has 1 heterocycles. The summed E-state index contributed by atoms with van der Waals surface area (Å²) in [5, 5.41) is 3.56. The number of benzene rings is 1. The van der Waals surface area contributed by atoms with Crippen LogP contribution in [-0.4, -0.2) is 29.9 Å². The number of piperidine rings is 1. The zero-order valence-electron chi connectivity index (χ0n) is 12.2. The first-order valence-corrected chi connectivity index (χ1v) is 7.84. The minimum atomic E-state index is 0.227. The monoisotopic (exact) mass is 272 g/mol. The molecular formula is C17H24N2O. The van der Waals surface area contributed by atoms with E-state index in [0.717, 1.165) is 31.6 Å². The van der Waals surface area contributed by atoms with E-state index >= 15 is 0 Å². The van der Waals surface area contributed by atoms with E-state index in [9.17, 15) is 4.79 Å². The lowest BCUT2D eigenvalue weighted by Gasteiger charge is -2.35. The van der Waals surface area contributed by atoms with Crippen LogP contribution in [-0.2, 0) is 4.79 Å². The zero-order valence-corrected chi connectivity index (χ0v) is 12.2. The van der Waals surface area contributed by atoms with Gasteiger partial charge in [-0.3, -0.25) is 4.79 Å². The predicted octanol–water partition coefficient (Wildman–Crippen LogP) is 3.14. The van der Waals surface area contributed by atoms with Crippen LogP contribution in [0, 0.1) is 11.8 Å². The van der Waals surface area contributed by atoms with Crippen molar-refractivity contribution in [3.05, 3.63) is 30.3 Å². The first-order valence-electron chi connectivity index (χ1n) is 7.84. The van der Waals surface area contributed by atoms with Gasteiger partial charge in [0, 0.05) is 30.7 Å².